The Bertz CT molecular complexity index is 294. The largest absolute Gasteiger partial charge is 0.352 e. The molecular formula is C13H22N2O2. The number of amides is 2. The zero-order chi connectivity index (χ0) is 12.3. The number of nitrogens with one attached hydrogen (secondary N) is 2. The normalized spacial score (nSPS) is 22.2. The van der Waals surface area contributed by atoms with Gasteiger partial charge in [-0.3, -0.25) is 9.59 Å². The summed E-state index contributed by atoms with van der Waals surface area (Å²) >= 11 is 0. The van der Waals surface area contributed by atoms with Crippen LogP contribution in [0.25, 0.3) is 0 Å². The third-order valence-corrected chi connectivity index (χ3v) is 3.89. The Hall–Kier alpha value is -1.06. The van der Waals surface area contributed by atoms with Crippen LogP contribution in [-0.2, 0) is 9.59 Å². The fourth-order valence-corrected chi connectivity index (χ4v) is 2.51. The van der Waals surface area contributed by atoms with Gasteiger partial charge in [0, 0.05) is 12.0 Å². The van der Waals surface area contributed by atoms with Crippen molar-refractivity contribution in [2.45, 2.75) is 51.5 Å². The fraction of sp³-hybridized carbons (Fsp3) is 0.846. The molecule has 2 aliphatic carbocycles. The molecule has 17 heavy (non-hydrogen) atoms. The van der Waals surface area contributed by atoms with Crippen molar-refractivity contribution in [3.05, 3.63) is 0 Å². The summed E-state index contributed by atoms with van der Waals surface area (Å²) < 4.78 is 0. The molecular weight excluding hydrogens is 216 g/mol. The van der Waals surface area contributed by atoms with E-state index in [1.165, 1.54) is 12.8 Å². The summed E-state index contributed by atoms with van der Waals surface area (Å²) in [6.07, 6.45) is 6.96. The molecule has 0 aromatic heterocycles. The summed E-state index contributed by atoms with van der Waals surface area (Å²) in [5, 5.41) is 5.61. The van der Waals surface area contributed by atoms with Gasteiger partial charge < -0.3 is 10.6 Å². The van der Waals surface area contributed by atoms with E-state index in [2.05, 4.69) is 10.6 Å². The number of carbonyl (C=O) groups is 2. The van der Waals surface area contributed by atoms with Gasteiger partial charge in [-0.1, -0.05) is 19.8 Å². The van der Waals surface area contributed by atoms with E-state index in [0.717, 1.165) is 25.7 Å². The highest BCUT2D eigenvalue weighted by Gasteiger charge is 2.27. The zero-order valence-corrected chi connectivity index (χ0v) is 10.5. The molecule has 0 aromatic carbocycles. The second-order valence-electron chi connectivity index (χ2n) is 5.39. The molecule has 2 amide bonds. The molecule has 4 heteroatoms. The Labute approximate surface area is 103 Å². The maximum Gasteiger partial charge on any atom is 0.239 e. The van der Waals surface area contributed by atoms with E-state index in [9.17, 15) is 9.59 Å². The van der Waals surface area contributed by atoms with Gasteiger partial charge in [0.25, 0.3) is 0 Å². The molecule has 0 bridgehead atoms. The van der Waals surface area contributed by atoms with Crippen LogP contribution in [0.5, 0.6) is 0 Å². The third-order valence-electron chi connectivity index (χ3n) is 3.89. The van der Waals surface area contributed by atoms with E-state index in [1.807, 2.05) is 6.92 Å². The first-order valence-electron chi connectivity index (χ1n) is 6.74. The van der Waals surface area contributed by atoms with Gasteiger partial charge in [-0.2, -0.15) is 0 Å². The van der Waals surface area contributed by atoms with Crippen molar-refractivity contribution in [1.82, 2.24) is 10.6 Å². The van der Waals surface area contributed by atoms with Crippen LogP contribution in [-0.4, -0.2) is 24.4 Å². The summed E-state index contributed by atoms with van der Waals surface area (Å²) in [5.41, 5.74) is 0. The van der Waals surface area contributed by atoms with Crippen LogP contribution in [0.1, 0.15) is 45.4 Å². The van der Waals surface area contributed by atoms with Gasteiger partial charge in [0.1, 0.15) is 0 Å². The number of carbonyl (C=O) groups excluding carboxylic acids is 2. The molecule has 0 aromatic rings. The number of rotatable bonds is 5. The first-order valence-corrected chi connectivity index (χ1v) is 6.74. The summed E-state index contributed by atoms with van der Waals surface area (Å²) in [4.78, 5) is 23.3. The number of hydrogen-bond donors (Lipinski definition) is 2. The lowest BCUT2D eigenvalue weighted by atomic mass is 9.92. The van der Waals surface area contributed by atoms with Gasteiger partial charge in [-0.25, -0.2) is 0 Å². The summed E-state index contributed by atoms with van der Waals surface area (Å²) in [6, 6.07) is 0.367. The smallest absolute Gasteiger partial charge is 0.239 e. The highest BCUT2D eigenvalue weighted by molar-refractivity contribution is 5.86. The van der Waals surface area contributed by atoms with Crippen molar-refractivity contribution in [2.24, 2.45) is 11.8 Å². The van der Waals surface area contributed by atoms with E-state index in [-0.39, 0.29) is 24.3 Å². The van der Waals surface area contributed by atoms with Crippen LogP contribution in [0, 0.1) is 11.8 Å². The van der Waals surface area contributed by atoms with E-state index in [0.29, 0.717) is 12.0 Å². The van der Waals surface area contributed by atoms with Crippen molar-refractivity contribution in [1.29, 1.82) is 0 Å². The van der Waals surface area contributed by atoms with Crippen LogP contribution in [0.15, 0.2) is 0 Å². The molecule has 0 aliphatic heterocycles. The standard InChI is InChI=1S/C13H22N2O2/c1-9(10-4-2-3-5-10)13(17)14-8-12(16)15-11-6-7-11/h9-11H,2-8H2,1H3,(H,14,17)(H,15,16). The summed E-state index contributed by atoms with van der Waals surface area (Å²) in [7, 11) is 0. The van der Waals surface area contributed by atoms with Gasteiger partial charge in [0.15, 0.2) is 0 Å². The summed E-state index contributed by atoms with van der Waals surface area (Å²) in [6.45, 7) is 2.11. The molecule has 0 heterocycles. The Kier molecular flexibility index (Phi) is 4.02. The van der Waals surface area contributed by atoms with Crippen LogP contribution in [0.3, 0.4) is 0 Å². The van der Waals surface area contributed by atoms with Gasteiger partial charge in [-0.05, 0) is 31.6 Å². The van der Waals surface area contributed by atoms with Crippen molar-refractivity contribution in [2.75, 3.05) is 6.54 Å². The minimum atomic E-state index is -0.0560. The Morgan fingerprint density at radius 1 is 1.18 bits per heavy atom. The van der Waals surface area contributed by atoms with Crippen molar-refractivity contribution < 1.29 is 9.59 Å². The second kappa shape index (κ2) is 5.52. The van der Waals surface area contributed by atoms with E-state index >= 15 is 0 Å². The highest BCUT2D eigenvalue weighted by Crippen LogP contribution is 2.31. The number of hydrogen-bond acceptors (Lipinski definition) is 2. The Balaban J connectivity index is 1.66. The fourth-order valence-electron chi connectivity index (χ4n) is 2.51. The Morgan fingerprint density at radius 3 is 2.41 bits per heavy atom. The zero-order valence-electron chi connectivity index (χ0n) is 10.5. The first-order chi connectivity index (χ1) is 8.16. The molecule has 2 aliphatic rings. The lowest BCUT2D eigenvalue weighted by molar-refractivity contribution is -0.129. The topological polar surface area (TPSA) is 58.2 Å². The predicted octanol–water partition coefficient (Wildman–Crippen LogP) is 1.21. The quantitative estimate of drug-likeness (QED) is 0.756. The highest BCUT2D eigenvalue weighted by atomic mass is 16.2. The minimum Gasteiger partial charge on any atom is -0.352 e. The second-order valence-corrected chi connectivity index (χ2v) is 5.39. The lowest BCUT2D eigenvalue weighted by Crippen LogP contribution is -2.41. The van der Waals surface area contributed by atoms with Crippen molar-refractivity contribution >= 4 is 11.8 Å². The molecule has 1 atom stereocenters. The average Bonchev–Trinajstić information content (AvgIpc) is 2.96. The van der Waals surface area contributed by atoms with Gasteiger partial charge in [-0.15, -0.1) is 0 Å². The SMILES string of the molecule is CC(C(=O)NCC(=O)NC1CC1)C1CCCC1. The maximum atomic E-state index is 11.8. The molecule has 2 rings (SSSR count). The third kappa shape index (κ3) is 3.72. The van der Waals surface area contributed by atoms with E-state index in [1.54, 1.807) is 0 Å². The van der Waals surface area contributed by atoms with Crippen LogP contribution in [0.2, 0.25) is 0 Å². The average molecular weight is 238 g/mol. The van der Waals surface area contributed by atoms with Crippen LogP contribution >= 0.6 is 0 Å². The van der Waals surface area contributed by atoms with Crippen LogP contribution in [0.4, 0.5) is 0 Å². The van der Waals surface area contributed by atoms with E-state index < -0.39 is 0 Å². The van der Waals surface area contributed by atoms with Gasteiger partial charge in [0.2, 0.25) is 11.8 Å². The molecule has 0 radical (unpaired) electrons. The molecule has 0 spiro atoms. The monoisotopic (exact) mass is 238 g/mol. The van der Waals surface area contributed by atoms with E-state index in [4.69, 9.17) is 0 Å². The molecule has 2 saturated carbocycles. The molecule has 96 valence electrons. The molecule has 2 N–H and O–H groups in total. The molecule has 0 saturated heterocycles. The summed E-state index contributed by atoms with van der Waals surface area (Å²) in [5.74, 6) is 0.537. The minimum absolute atomic E-state index is 0.0304. The Morgan fingerprint density at radius 2 is 1.82 bits per heavy atom. The first kappa shape index (κ1) is 12.4. The van der Waals surface area contributed by atoms with Crippen LogP contribution < -0.4 is 10.6 Å². The molecule has 4 nitrogen and oxygen atoms in total. The molecule has 1 unspecified atom stereocenters. The van der Waals surface area contributed by atoms with Gasteiger partial charge >= 0.3 is 0 Å². The van der Waals surface area contributed by atoms with Gasteiger partial charge in [0.05, 0.1) is 6.54 Å². The maximum absolute atomic E-state index is 11.8. The van der Waals surface area contributed by atoms with Crippen molar-refractivity contribution in [3.8, 4) is 0 Å². The molecule has 2 fully saturated rings. The lowest BCUT2D eigenvalue weighted by Gasteiger charge is -2.18. The van der Waals surface area contributed by atoms with Crippen molar-refractivity contribution in [3.63, 3.8) is 0 Å². The predicted molar refractivity (Wildman–Crippen MR) is 65.3 cm³/mol.